The van der Waals surface area contributed by atoms with Crippen molar-refractivity contribution in [2.45, 2.75) is 25.8 Å². The van der Waals surface area contributed by atoms with Gasteiger partial charge in [-0.3, -0.25) is 0 Å². The maximum atomic E-state index is 11.6. The molecule has 3 rings (SSSR count). The molecule has 0 aromatic heterocycles. The van der Waals surface area contributed by atoms with E-state index >= 15 is 0 Å². The van der Waals surface area contributed by atoms with Crippen molar-refractivity contribution in [1.82, 2.24) is 0 Å². The number of ether oxygens (including phenoxy) is 2. The highest BCUT2D eigenvalue weighted by Gasteiger charge is 2.16. The molecule has 0 fully saturated rings. The normalized spacial score (nSPS) is 11.5. The smallest absolute Gasteiger partial charge is 0.344 e. The van der Waals surface area contributed by atoms with E-state index in [9.17, 15) is 4.79 Å². The van der Waals surface area contributed by atoms with Crippen LogP contribution in [0.5, 0.6) is 5.75 Å². The van der Waals surface area contributed by atoms with Gasteiger partial charge in [-0.1, -0.05) is 61.5 Å². The minimum Gasteiger partial charge on any atom is -0.482 e. The molecule has 0 spiro atoms. The van der Waals surface area contributed by atoms with Crippen molar-refractivity contribution in [1.29, 1.82) is 5.41 Å². The molecule has 6 heteroatoms. The summed E-state index contributed by atoms with van der Waals surface area (Å²) >= 11 is 0. The van der Waals surface area contributed by atoms with Crippen LogP contribution in [0.3, 0.4) is 0 Å². The molecule has 3 aromatic rings. The molecule has 0 aliphatic carbocycles. The van der Waals surface area contributed by atoms with Gasteiger partial charge in [-0.15, -0.1) is 0 Å². The van der Waals surface area contributed by atoms with Gasteiger partial charge in [0.1, 0.15) is 12.4 Å². The first-order chi connectivity index (χ1) is 16.1. The molecule has 0 radical (unpaired) electrons. The van der Waals surface area contributed by atoms with Gasteiger partial charge in [0.2, 0.25) is 0 Å². The minimum absolute atomic E-state index is 0.0406. The number of aliphatic hydroxyl groups is 1. The van der Waals surface area contributed by atoms with E-state index in [-0.39, 0.29) is 25.9 Å². The zero-order chi connectivity index (χ0) is 23.5. The highest BCUT2D eigenvalue weighted by atomic mass is 16.6. The second-order valence-corrected chi connectivity index (χ2v) is 7.60. The summed E-state index contributed by atoms with van der Waals surface area (Å²) in [5, 5.41) is 20.9. The molecule has 6 nitrogen and oxygen atoms in total. The van der Waals surface area contributed by atoms with Crippen molar-refractivity contribution >= 4 is 17.4 Å². The lowest BCUT2D eigenvalue weighted by molar-refractivity contribution is -0.146. The van der Waals surface area contributed by atoms with Crippen LogP contribution in [0.1, 0.15) is 36.1 Å². The Morgan fingerprint density at radius 1 is 1.00 bits per heavy atom. The van der Waals surface area contributed by atoms with Gasteiger partial charge in [-0.25, -0.2) is 4.79 Å². The van der Waals surface area contributed by atoms with Crippen molar-refractivity contribution in [3.05, 3.63) is 95.6 Å². The van der Waals surface area contributed by atoms with Crippen LogP contribution in [0.2, 0.25) is 0 Å². The summed E-state index contributed by atoms with van der Waals surface area (Å²) in [4.78, 5) is 11.6. The van der Waals surface area contributed by atoms with Crippen molar-refractivity contribution in [2.24, 2.45) is 0 Å². The van der Waals surface area contributed by atoms with E-state index in [1.807, 2.05) is 42.5 Å². The van der Waals surface area contributed by atoms with Crippen molar-refractivity contribution in [3.8, 4) is 5.75 Å². The maximum Gasteiger partial charge on any atom is 0.344 e. The van der Waals surface area contributed by atoms with Gasteiger partial charge in [0.05, 0.1) is 12.6 Å². The first-order valence-corrected chi connectivity index (χ1v) is 11.1. The van der Waals surface area contributed by atoms with E-state index in [1.165, 1.54) is 5.56 Å². The van der Waals surface area contributed by atoms with Crippen molar-refractivity contribution in [3.63, 3.8) is 0 Å². The standard InChI is InChI=1S/C27H30N2O4/c1-2-20-8-12-23(13-9-20)29-26(18-25(28)21-6-4-3-5-7-21)22-10-14-24(15-11-22)33-19-27(31)32-17-16-30/h3-15,26,28-30H,2,16-19H2,1H3. The number of nitrogens with one attached hydrogen (secondary N) is 2. The van der Waals surface area contributed by atoms with E-state index < -0.39 is 5.97 Å². The fourth-order valence-electron chi connectivity index (χ4n) is 3.39. The Bertz CT molecular complexity index is 1020. The number of aryl methyl sites for hydroxylation is 1. The Balaban J connectivity index is 1.73. The molecular formula is C27H30N2O4. The average molecular weight is 447 g/mol. The number of aliphatic hydroxyl groups excluding tert-OH is 1. The zero-order valence-electron chi connectivity index (χ0n) is 18.8. The molecular weight excluding hydrogens is 416 g/mol. The Hall–Kier alpha value is -3.64. The Kier molecular flexibility index (Phi) is 9.03. The Morgan fingerprint density at radius 3 is 2.33 bits per heavy atom. The number of carbonyl (C=O) groups is 1. The number of benzene rings is 3. The highest BCUT2D eigenvalue weighted by molar-refractivity contribution is 5.98. The van der Waals surface area contributed by atoms with Gasteiger partial charge in [-0.2, -0.15) is 0 Å². The molecule has 172 valence electrons. The van der Waals surface area contributed by atoms with Crippen LogP contribution in [0.25, 0.3) is 0 Å². The maximum absolute atomic E-state index is 11.6. The van der Waals surface area contributed by atoms with Crippen LogP contribution >= 0.6 is 0 Å². The second-order valence-electron chi connectivity index (χ2n) is 7.60. The SMILES string of the molecule is CCc1ccc(NC(CC(=N)c2ccccc2)c2ccc(OCC(=O)OCCO)cc2)cc1. The largest absolute Gasteiger partial charge is 0.482 e. The molecule has 0 bridgehead atoms. The van der Waals surface area contributed by atoms with E-state index in [4.69, 9.17) is 20.0 Å². The Labute approximate surface area is 194 Å². The lowest BCUT2D eigenvalue weighted by Crippen LogP contribution is -2.17. The van der Waals surface area contributed by atoms with E-state index in [2.05, 4.69) is 36.5 Å². The van der Waals surface area contributed by atoms with E-state index in [0.717, 1.165) is 23.2 Å². The summed E-state index contributed by atoms with van der Waals surface area (Å²) in [6.45, 7) is 1.65. The zero-order valence-corrected chi connectivity index (χ0v) is 18.8. The van der Waals surface area contributed by atoms with Gasteiger partial charge in [0, 0.05) is 17.8 Å². The van der Waals surface area contributed by atoms with Crippen LogP contribution in [0.4, 0.5) is 5.69 Å². The molecule has 0 amide bonds. The summed E-state index contributed by atoms with van der Waals surface area (Å²) in [6, 6.07) is 25.4. The van der Waals surface area contributed by atoms with E-state index in [1.54, 1.807) is 12.1 Å². The Morgan fingerprint density at radius 2 is 1.70 bits per heavy atom. The third-order valence-corrected chi connectivity index (χ3v) is 5.23. The first kappa shape index (κ1) is 24.0. The molecule has 0 aliphatic heterocycles. The van der Waals surface area contributed by atoms with Crippen LogP contribution < -0.4 is 10.1 Å². The summed E-state index contributed by atoms with van der Waals surface area (Å²) in [7, 11) is 0. The lowest BCUT2D eigenvalue weighted by atomic mass is 9.97. The lowest BCUT2D eigenvalue weighted by Gasteiger charge is -2.22. The number of esters is 1. The van der Waals surface area contributed by atoms with E-state index in [0.29, 0.717) is 17.9 Å². The average Bonchev–Trinajstić information content (AvgIpc) is 2.87. The molecule has 1 unspecified atom stereocenters. The second kappa shape index (κ2) is 12.4. The van der Waals surface area contributed by atoms with Crippen LogP contribution in [0, 0.1) is 5.41 Å². The fraction of sp³-hybridized carbons (Fsp3) is 0.259. The van der Waals surface area contributed by atoms with Crippen LogP contribution in [-0.2, 0) is 16.0 Å². The summed E-state index contributed by atoms with van der Waals surface area (Å²) < 4.78 is 10.3. The van der Waals surface area contributed by atoms with Crippen LogP contribution in [0.15, 0.2) is 78.9 Å². The van der Waals surface area contributed by atoms with Crippen molar-refractivity contribution < 1.29 is 19.4 Å². The molecule has 3 N–H and O–H groups in total. The molecule has 0 saturated carbocycles. The third-order valence-electron chi connectivity index (χ3n) is 5.23. The number of hydrogen-bond acceptors (Lipinski definition) is 6. The topological polar surface area (TPSA) is 91.6 Å². The third kappa shape index (κ3) is 7.47. The number of hydrogen-bond donors (Lipinski definition) is 3. The summed E-state index contributed by atoms with van der Waals surface area (Å²) in [5.74, 6) is 0.0170. The predicted molar refractivity (Wildman–Crippen MR) is 130 cm³/mol. The van der Waals surface area contributed by atoms with Gasteiger partial charge in [-0.05, 0) is 47.4 Å². The quantitative estimate of drug-likeness (QED) is 0.275. The van der Waals surface area contributed by atoms with Crippen LogP contribution in [-0.4, -0.2) is 36.6 Å². The predicted octanol–water partition coefficient (Wildman–Crippen LogP) is 4.77. The minimum atomic E-state index is -0.528. The van der Waals surface area contributed by atoms with Gasteiger partial charge in [0.15, 0.2) is 6.61 Å². The van der Waals surface area contributed by atoms with Crippen molar-refractivity contribution in [2.75, 3.05) is 25.1 Å². The molecule has 1 atom stereocenters. The first-order valence-electron chi connectivity index (χ1n) is 11.1. The molecule has 0 saturated heterocycles. The molecule has 3 aromatic carbocycles. The van der Waals surface area contributed by atoms with Gasteiger partial charge < -0.3 is 25.3 Å². The molecule has 0 heterocycles. The van der Waals surface area contributed by atoms with Gasteiger partial charge in [0.25, 0.3) is 0 Å². The monoisotopic (exact) mass is 446 g/mol. The summed E-state index contributed by atoms with van der Waals surface area (Å²) in [5.41, 5.74) is 4.71. The molecule has 33 heavy (non-hydrogen) atoms. The highest BCUT2D eigenvalue weighted by Crippen LogP contribution is 2.26. The molecule has 0 aliphatic rings. The number of anilines is 1. The number of carbonyl (C=O) groups excluding carboxylic acids is 1. The fourth-order valence-corrected chi connectivity index (χ4v) is 3.39. The summed E-state index contributed by atoms with van der Waals surface area (Å²) in [6.07, 6.45) is 1.49. The number of rotatable bonds is 12. The van der Waals surface area contributed by atoms with Gasteiger partial charge >= 0.3 is 5.97 Å².